The summed E-state index contributed by atoms with van der Waals surface area (Å²) in [6.45, 7) is 1.08. The van der Waals surface area contributed by atoms with Crippen molar-refractivity contribution in [1.29, 1.82) is 0 Å². The molecule has 1 aliphatic rings. The van der Waals surface area contributed by atoms with E-state index in [9.17, 15) is 14.4 Å². The number of pyridine rings is 1. The predicted octanol–water partition coefficient (Wildman–Crippen LogP) is 2.12. The van der Waals surface area contributed by atoms with Gasteiger partial charge in [0, 0.05) is 49.4 Å². The highest BCUT2D eigenvalue weighted by molar-refractivity contribution is 5.98. The molecule has 1 fully saturated rings. The van der Waals surface area contributed by atoms with E-state index in [2.05, 4.69) is 0 Å². The molecule has 124 valence electrons. The number of piperidine rings is 1. The maximum atomic E-state index is 12.5. The summed E-state index contributed by atoms with van der Waals surface area (Å²) in [5.41, 5.74) is 0.940. The summed E-state index contributed by atoms with van der Waals surface area (Å²) in [4.78, 5) is 38.4. The molecule has 0 atom stereocenters. The Hall–Kier alpha value is -2.69. The Bertz CT molecular complexity index is 803. The lowest BCUT2D eigenvalue weighted by atomic mass is 9.88. The molecule has 1 aromatic heterocycles. The van der Waals surface area contributed by atoms with Crippen LogP contribution in [0.3, 0.4) is 0 Å². The van der Waals surface area contributed by atoms with E-state index in [1.54, 1.807) is 24.2 Å². The largest absolute Gasteiger partial charge is 0.339 e. The van der Waals surface area contributed by atoms with Crippen molar-refractivity contribution in [2.24, 2.45) is 13.0 Å². The monoisotopic (exact) mass is 324 g/mol. The summed E-state index contributed by atoms with van der Waals surface area (Å²) < 4.78 is 1.43. The minimum Gasteiger partial charge on any atom is -0.339 e. The van der Waals surface area contributed by atoms with Crippen LogP contribution in [0, 0.1) is 5.92 Å². The van der Waals surface area contributed by atoms with Crippen LogP contribution in [-0.4, -0.2) is 34.2 Å². The number of carbonyl (C=O) groups excluding carboxylic acids is 2. The van der Waals surface area contributed by atoms with Crippen molar-refractivity contribution in [3.63, 3.8) is 0 Å². The third-order valence-corrected chi connectivity index (χ3v) is 4.56. The number of carbonyl (C=O) groups is 2. The number of ketones is 1. The number of hydrogen-bond acceptors (Lipinski definition) is 3. The van der Waals surface area contributed by atoms with Gasteiger partial charge in [-0.05, 0) is 18.9 Å². The molecular formula is C19H20N2O3. The van der Waals surface area contributed by atoms with Crippen LogP contribution in [0.5, 0.6) is 0 Å². The first-order chi connectivity index (χ1) is 11.6. The van der Waals surface area contributed by atoms with Crippen molar-refractivity contribution in [1.82, 2.24) is 9.47 Å². The van der Waals surface area contributed by atoms with Gasteiger partial charge in [0.25, 0.3) is 11.5 Å². The maximum absolute atomic E-state index is 12.5. The van der Waals surface area contributed by atoms with Crippen LogP contribution < -0.4 is 5.56 Å². The van der Waals surface area contributed by atoms with Gasteiger partial charge in [0.2, 0.25) is 0 Å². The molecule has 1 aromatic carbocycles. The maximum Gasteiger partial charge on any atom is 0.254 e. The third kappa shape index (κ3) is 3.30. The van der Waals surface area contributed by atoms with E-state index in [4.69, 9.17) is 0 Å². The first kappa shape index (κ1) is 16.2. The fourth-order valence-corrected chi connectivity index (χ4v) is 3.05. The van der Waals surface area contributed by atoms with Crippen molar-refractivity contribution in [3.8, 4) is 0 Å². The van der Waals surface area contributed by atoms with Crippen LogP contribution in [0.25, 0.3) is 0 Å². The second kappa shape index (κ2) is 6.83. The number of likely N-dealkylation sites (tertiary alicyclic amines) is 1. The zero-order chi connectivity index (χ0) is 17.1. The molecule has 1 amide bonds. The third-order valence-electron chi connectivity index (χ3n) is 4.56. The van der Waals surface area contributed by atoms with Crippen molar-refractivity contribution in [3.05, 3.63) is 70.1 Å². The average Bonchev–Trinajstić information content (AvgIpc) is 2.63. The molecule has 2 heterocycles. The quantitative estimate of drug-likeness (QED) is 0.813. The van der Waals surface area contributed by atoms with Crippen LogP contribution in [-0.2, 0) is 7.05 Å². The number of aryl methyl sites for hydroxylation is 1. The fourth-order valence-electron chi connectivity index (χ4n) is 3.05. The van der Waals surface area contributed by atoms with Gasteiger partial charge in [0.05, 0.1) is 0 Å². The Morgan fingerprint density at radius 2 is 1.67 bits per heavy atom. The molecule has 0 bridgehead atoms. The molecule has 5 nitrogen and oxygen atoms in total. The summed E-state index contributed by atoms with van der Waals surface area (Å²) in [6.07, 6.45) is 2.91. The van der Waals surface area contributed by atoms with Crippen LogP contribution in [0.4, 0.5) is 0 Å². The van der Waals surface area contributed by atoms with E-state index >= 15 is 0 Å². The molecule has 0 spiro atoms. The van der Waals surface area contributed by atoms with E-state index < -0.39 is 0 Å². The average molecular weight is 324 g/mol. The molecule has 5 heteroatoms. The second-order valence-electron chi connectivity index (χ2n) is 6.16. The van der Waals surface area contributed by atoms with Crippen molar-refractivity contribution in [2.45, 2.75) is 12.8 Å². The molecule has 3 rings (SSSR count). The van der Waals surface area contributed by atoms with Crippen molar-refractivity contribution in [2.75, 3.05) is 13.1 Å². The van der Waals surface area contributed by atoms with E-state index in [0.29, 0.717) is 31.5 Å². The van der Waals surface area contributed by atoms with Crippen LogP contribution >= 0.6 is 0 Å². The zero-order valence-corrected chi connectivity index (χ0v) is 13.6. The zero-order valence-electron chi connectivity index (χ0n) is 13.6. The Morgan fingerprint density at radius 3 is 2.29 bits per heavy atom. The predicted molar refractivity (Wildman–Crippen MR) is 91.1 cm³/mol. The van der Waals surface area contributed by atoms with Crippen LogP contribution in [0.1, 0.15) is 33.6 Å². The van der Waals surface area contributed by atoms with E-state index in [1.807, 2.05) is 30.3 Å². The highest BCUT2D eigenvalue weighted by Gasteiger charge is 2.28. The van der Waals surface area contributed by atoms with Gasteiger partial charge in [0.1, 0.15) is 0 Å². The Labute approximate surface area is 140 Å². The molecule has 1 saturated heterocycles. The summed E-state index contributed by atoms with van der Waals surface area (Å²) in [5.74, 6) is -0.0327. The van der Waals surface area contributed by atoms with E-state index in [1.165, 1.54) is 10.6 Å². The first-order valence-corrected chi connectivity index (χ1v) is 8.11. The number of Topliss-reactive ketones (excluding diaryl/α,β-unsaturated/α-hetero) is 1. The van der Waals surface area contributed by atoms with Gasteiger partial charge in [-0.25, -0.2) is 0 Å². The molecule has 0 radical (unpaired) electrons. The minimum absolute atomic E-state index is 0.0416. The lowest BCUT2D eigenvalue weighted by Gasteiger charge is -2.31. The van der Waals surface area contributed by atoms with Gasteiger partial charge < -0.3 is 9.47 Å². The first-order valence-electron chi connectivity index (χ1n) is 8.11. The standard InChI is InChI=1S/C19H20N2O3/c1-20-10-7-16(13-17(20)22)19(24)21-11-8-15(9-12-21)18(23)14-5-3-2-4-6-14/h2-7,10,13,15H,8-9,11-12H2,1H3. The fraction of sp³-hybridized carbons (Fsp3) is 0.316. The van der Waals surface area contributed by atoms with Crippen LogP contribution in [0.2, 0.25) is 0 Å². The lowest BCUT2D eigenvalue weighted by Crippen LogP contribution is -2.40. The summed E-state index contributed by atoms with van der Waals surface area (Å²) in [6, 6.07) is 12.3. The molecule has 0 saturated carbocycles. The summed E-state index contributed by atoms with van der Waals surface area (Å²) in [5, 5.41) is 0. The van der Waals surface area contributed by atoms with Gasteiger partial charge in [-0.15, -0.1) is 0 Å². The number of rotatable bonds is 3. The summed E-state index contributed by atoms with van der Waals surface area (Å²) >= 11 is 0. The van der Waals surface area contributed by atoms with E-state index in [0.717, 1.165) is 5.56 Å². The molecule has 1 aliphatic heterocycles. The highest BCUT2D eigenvalue weighted by atomic mass is 16.2. The van der Waals surface area contributed by atoms with Gasteiger partial charge in [-0.2, -0.15) is 0 Å². The van der Waals surface area contributed by atoms with Gasteiger partial charge in [0.15, 0.2) is 5.78 Å². The summed E-state index contributed by atoms with van der Waals surface area (Å²) in [7, 11) is 1.65. The van der Waals surface area contributed by atoms with Gasteiger partial charge >= 0.3 is 0 Å². The van der Waals surface area contributed by atoms with Gasteiger partial charge in [-0.3, -0.25) is 14.4 Å². The highest BCUT2D eigenvalue weighted by Crippen LogP contribution is 2.22. The van der Waals surface area contributed by atoms with E-state index in [-0.39, 0.29) is 23.2 Å². The molecule has 24 heavy (non-hydrogen) atoms. The minimum atomic E-state index is -0.199. The second-order valence-corrected chi connectivity index (χ2v) is 6.16. The Kier molecular flexibility index (Phi) is 4.60. The van der Waals surface area contributed by atoms with Gasteiger partial charge in [-0.1, -0.05) is 30.3 Å². The number of nitrogens with zero attached hydrogens (tertiary/aromatic N) is 2. The Balaban J connectivity index is 1.64. The molecule has 0 aliphatic carbocycles. The number of aromatic nitrogens is 1. The topological polar surface area (TPSA) is 59.4 Å². The molecule has 0 N–H and O–H groups in total. The number of amides is 1. The Morgan fingerprint density at radius 1 is 1.00 bits per heavy atom. The van der Waals surface area contributed by atoms with Crippen molar-refractivity contribution >= 4 is 11.7 Å². The molecular weight excluding hydrogens is 304 g/mol. The SMILES string of the molecule is Cn1ccc(C(=O)N2CCC(C(=O)c3ccccc3)CC2)cc1=O. The molecule has 0 unspecified atom stereocenters. The number of hydrogen-bond donors (Lipinski definition) is 0. The molecule has 2 aromatic rings. The van der Waals surface area contributed by atoms with Crippen LogP contribution in [0.15, 0.2) is 53.5 Å². The number of benzene rings is 1. The lowest BCUT2D eigenvalue weighted by molar-refractivity contribution is 0.0650. The van der Waals surface area contributed by atoms with Crippen molar-refractivity contribution < 1.29 is 9.59 Å². The smallest absolute Gasteiger partial charge is 0.254 e. The normalized spacial score (nSPS) is 15.3.